The predicted octanol–water partition coefficient (Wildman–Crippen LogP) is 1.93. The lowest BCUT2D eigenvalue weighted by atomic mass is 10.2. The fraction of sp³-hybridized carbons (Fsp3) is 0.235. The van der Waals surface area contributed by atoms with E-state index in [1.807, 2.05) is 24.3 Å². The van der Waals surface area contributed by atoms with Gasteiger partial charge in [-0.2, -0.15) is 0 Å². The molecular formula is C17H20N4O. The maximum Gasteiger partial charge on any atom is 0.255 e. The van der Waals surface area contributed by atoms with Gasteiger partial charge in [0.1, 0.15) is 0 Å². The van der Waals surface area contributed by atoms with Crippen LogP contribution in [-0.4, -0.2) is 32.1 Å². The van der Waals surface area contributed by atoms with Crippen molar-refractivity contribution in [3.05, 3.63) is 54.1 Å². The highest BCUT2D eigenvalue weighted by Gasteiger charge is 2.10. The standard InChI is InChI=1S/C17H20N4O/c18-14-3-1-13(2-4-14)17(22)20-15-5-7-16(8-6-15)21-11-9-19-10-12-21/h1-8,19H,9-12,18H2,(H,20,22). The van der Waals surface area contributed by atoms with Crippen LogP contribution in [0.15, 0.2) is 48.5 Å². The van der Waals surface area contributed by atoms with E-state index >= 15 is 0 Å². The van der Waals surface area contributed by atoms with Gasteiger partial charge in [-0.15, -0.1) is 0 Å². The number of anilines is 3. The quantitative estimate of drug-likeness (QED) is 0.757. The number of amides is 1. The van der Waals surface area contributed by atoms with Crippen molar-refractivity contribution in [3.8, 4) is 0 Å². The van der Waals surface area contributed by atoms with Crippen molar-refractivity contribution >= 4 is 23.0 Å². The van der Waals surface area contributed by atoms with Crippen LogP contribution in [0.3, 0.4) is 0 Å². The lowest BCUT2D eigenvalue weighted by Crippen LogP contribution is -2.43. The van der Waals surface area contributed by atoms with Gasteiger partial charge in [0, 0.05) is 48.8 Å². The lowest BCUT2D eigenvalue weighted by molar-refractivity contribution is 0.102. The molecule has 0 radical (unpaired) electrons. The van der Waals surface area contributed by atoms with E-state index in [0.29, 0.717) is 11.3 Å². The number of nitrogen functional groups attached to an aromatic ring is 1. The number of hydrogen-bond acceptors (Lipinski definition) is 4. The van der Waals surface area contributed by atoms with Crippen LogP contribution in [0.2, 0.25) is 0 Å². The third-order valence-corrected chi connectivity index (χ3v) is 3.78. The summed E-state index contributed by atoms with van der Waals surface area (Å²) in [5.41, 5.74) is 8.85. The van der Waals surface area contributed by atoms with Gasteiger partial charge >= 0.3 is 0 Å². The Labute approximate surface area is 130 Å². The number of benzene rings is 2. The van der Waals surface area contributed by atoms with Crippen LogP contribution in [0.1, 0.15) is 10.4 Å². The summed E-state index contributed by atoms with van der Waals surface area (Å²) in [6, 6.07) is 14.9. The van der Waals surface area contributed by atoms with E-state index in [2.05, 4.69) is 15.5 Å². The minimum atomic E-state index is -0.130. The molecule has 0 bridgehead atoms. The highest BCUT2D eigenvalue weighted by Crippen LogP contribution is 2.19. The van der Waals surface area contributed by atoms with Crippen LogP contribution in [0.25, 0.3) is 0 Å². The highest BCUT2D eigenvalue weighted by molar-refractivity contribution is 6.04. The van der Waals surface area contributed by atoms with Crippen molar-refractivity contribution in [1.29, 1.82) is 0 Å². The van der Waals surface area contributed by atoms with Crippen molar-refractivity contribution in [1.82, 2.24) is 5.32 Å². The first kappa shape index (κ1) is 14.4. The zero-order valence-electron chi connectivity index (χ0n) is 12.4. The summed E-state index contributed by atoms with van der Waals surface area (Å²) in [5, 5.41) is 6.23. The molecular weight excluding hydrogens is 276 g/mol. The third kappa shape index (κ3) is 3.38. The van der Waals surface area contributed by atoms with Crippen molar-refractivity contribution in [2.45, 2.75) is 0 Å². The van der Waals surface area contributed by atoms with Gasteiger partial charge in [-0.05, 0) is 48.5 Å². The first-order valence-corrected chi connectivity index (χ1v) is 7.45. The zero-order chi connectivity index (χ0) is 15.4. The van der Waals surface area contributed by atoms with Crippen molar-refractivity contribution in [2.24, 2.45) is 0 Å². The molecule has 0 aromatic heterocycles. The number of rotatable bonds is 3. The summed E-state index contributed by atoms with van der Waals surface area (Å²) in [4.78, 5) is 14.5. The van der Waals surface area contributed by atoms with E-state index in [-0.39, 0.29) is 5.91 Å². The Balaban J connectivity index is 1.65. The number of nitrogens with one attached hydrogen (secondary N) is 2. The molecule has 1 aliphatic heterocycles. The minimum absolute atomic E-state index is 0.130. The van der Waals surface area contributed by atoms with Gasteiger partial charge in [0.2, 0.25) is 0 Å². The van der Waals surface area contributed by atoms with Crippen LogP contribution in [0.5, 0.6) is 0 Å². The molecule has 1 saturated heterocycles. The average molecular weight is 296 g/mol. The molecule has 1 heterocycles. The van der Waals surface area contributed by atoms with Gasteiger partial charge < -0.3 is 21.3 Å². The maximum atomic E-state index is 12.1. The summed E-state index contributed by atoms with van der Waals surface area (Å²) in [7, 11) is 0. The normalized spacial score (nSPS) is 14.6. The van der Waals surface area contributed by atoms with E-state index in [1.165, 1.54) is 5.69 Å². The summed E-state index contributed by atoms with van der Waals surface area (Å²) in [6.45, 7) is 4.04. The van der Waals surface area contributed by atoms with E-state index in [1.54, 1.807) is 24.3 Å². The van der Waals surface area contributed by atoms with Gasteiger partial charge in [0.15, 0.2) is 0 Å². The Kier molecular flexibility index (Phi) is 4.25. The number of carbonyl (C=O) groups is 1. The van der Waals surface area contributed by atoms with Crippen LogP contribution in [0, 0.1) is 0 Å². The number of nitrogens with zero attached hydrogens (tertiary/aromatic N) is 1. The van der Waals surface area contributed by atoms with E-state index in [0.717, 1.165) is 31.9 Å². The zero-order valence-corrected chi connectivity index (χ0v) is 12.4. The fourth-order valence-corrected chi connectivity index (χ4v) is 2.52. The topological polar surface area (TPSA) is 70.4 Å². The van der Waals surface area contributed by atoms with Crippen LogP contribution >= 0.6 is 0 Å². The SMILES string of the molecule is Nc1ccc(C(=O)Nc2ccc(N3CCNCC3)cc2)cc1. The average Bonchev–Trinajstić information content (AvgIpc) is 2.57. The van der Waals surface area contributed by atoms with Gasteiger partial charge in [0.25, 0.3) is 5.91 Å². The molecule has 5 heteroatoms. The first-order chi connectivity index (χ1) is 10.7. The number of hydrogen-bond donors (Lipinski definition) is 3. The largest absolute Gasteiger partial charge is 0.399 e. The monoisotopic (exact) mass is 296 g/mol. The molecule has 5 nitrogen and oxygen atoms in total. The third-order valence-electron chi connectivity index (χ3n) is 3.78. The highest BCUT2D eigenvalue weighted by atomic mass is 16.1. The second kappa shape index (κ2) is 6.49. The number of nitrogens with two attached hydrogens (primary N) is 1. The molecule has 1 fully saturated rings. The van der Waals surface area contributed by atoms with E-state index in [4.69, 9.17) is 5.73 Å². The van der Waals surface area contributed by atoms with E-state index < -0.39 is 0 Å². The molecule has 1 aliphatic rings. The van der Waals surface area contributed by atoms with Crippen molar-refractivity contribution < 1.29 is 4.79 Å². The van der Waals surface area contributed by atoms with E-state index in [9.17, 15) is 4.79 Å². The molecule has 114 valence electrons. The molecule has 0 aliphatic carbocycles. The van der Waals surface area contributed by atoms with Gasteiger partial charge in [0.05, 0.1) is 0 Å². The molecule has 0 spiro atoms. The number of carbonyl (C=O) groups excluding carboxylic acids is 1. The van der Waals surface area contributed by atoms with Crippen LogP contribution in [0.4, 0.5) is 17.1 Å². The van der Waals surface area contributed by atoms with Gasteiger partial charge in [-0.25, -0.2) is 0 Å². The Bertz CT molecular complexity index is 631. The molecule has 2 aromatic rings. The molecule has 0 saturated carbocycles. The second-order valence-electron chi connectivity index (χ2n) is 5.36. The predicted molar refractivity (Wildman–Crippen MR) is 90.3 cm³/mol. The summed E-state index contributed by atoms with van der Waals surface area (Å²) in [6.07, 6.45) is 0. The van der Waals surface area contributed by atoms with Crippen molar-refractivity contribution in [3.63, 3.8) is 0 Å². The molecule has 3 rings (SSSR count). The molecule has 1 amide bonds. The maximum absolute atomic E-state index is 12.1. The smallest absolute Gasteiger partial charge is 0.255 e. The number of piperazine rings is 1. The molecule has 22 heavy (non-hydrogen) atoms. The lowest BCUT2D eigenvalue weighted by Gasteiger charge is -2.29. The minimum Gasteiger partial charge on any atom is -0.399 e. The second-order valence-corrected chi connectivity index (χ2v) is 5.36. The summed E-state index contributed by atoms with van der Waals surface area (Å²) >= 11 is 0. The Morgan fingerprint density at radius 3 is 2.27 bits per heavy atom. The summed E-state index contributed by atoms with van der Waals surface area (Å²) < 4.78 is 0. The Morgan fingerprint density at radius 2 is 1.64 bits per heavy atom. The molecule has 4 N–H and O–H groups in total. The first-order valence-electron chi connectivity index (χ1n) is 7.45. The van der Waals surface area contributed by atoms with Crippen LogP contribution < -0.4 is 21.3 Å². The fourth-order valence-electron chi connectivity index (χ4n) is 2.52. The molecule has 2 aromatic carbocycles. The summed E-state index contributed by atoms with van der Waals surface area (Å²) in [5.74, 6) is -0.130. The van der Waals surface area contributed by atoms with Gasteiger partial charge in [-0.1, -0.05) is 0 Å². The Hall–Kier alpha value is -2.53. The van der Waals surface area contributed by atoms with Gasteiger partial charge in [-0.3, -0.25) is 4.79 Å². The van der Waals surface area contributed by atoms with Crippen LogP contribution in [-0.2, 0) is 0 Å². The molecule has 0 atom stereocenters. The Morgan fingerprint density at radius 1 is 1.00 bits per heavy atom. The molecule has 0 unspecified atom stereocenters. The van der Waals surface area contributed by atoms with Crippen molar-refractivity contribution in [2.75, 3.05) is 42.1 Å².